The Labute approximate surface area is 105 Å². The summed E-state index contributed by atoms with van der Waals surface area (Å²) in [6, 6.07) is 5.11. The molecule has 0 unspecified atom stereocenters. The molecule has 0 bridgehead atoms. The van der Waals surface area contributed by atoms with E-state index in [2.05, 4.69) is 30.9 Å². The van der Waals surface area contributed by atoms with E-state index in [1.54, 1.807) is 12.3 Å². The van der Waals surface area contributed by atoms with Crippen molar-refractivity contribution < 1.29 is 0 Å². The Morgan fingerprint density at radius 1 is 1.07 bits per heavy atom. The molecule has 2 aromatic heterocycles. The van der Waals surface area contributed by atoms with Crippen LogP contribution in [0.1, 0.15) is 0 Å². The van der Waals surface area contributed by atoms with Crippen LogP contribution in [0.3, 0.4) is 0 Å². The van der Waals surface area contributed by atoms with Gasteiger partial charge in [-0.1, -0.05) is 23.2 Å². The highest BCUT2D eigenvalue weighted by molar-refractivity contribution is 9.10. The third-order valence-electron chi connectivity index (χ3n) is 1.62. The molecule has 0 aromatic carbocycles. The van der Waals surface area contributed by atoms with Crippen LogP contribution in [0.15, 0.2) is 28.9 Å². The van der Waals surface area contributed by atoms with Gasteiger partial charge in [0.25, 0.3) is 0 Å². The smallest absolute Gasteiger partial charge is 0.181 e. The molecule has 15 heavy (non-hydrogen) atoms. The highest BCUT2D eigenvalue weighted by atomic mass is 79.9. The average Bonchev–Trinajstić information content (AvgIpc) is 2.17. The lowest BCUT2D eigenvalue weighted by atomic mass is 10.3. The third kappa shape index (κ3) is 2.65. The molecule has 0 atom stereocenters. The number of aromatic nitrogens is 3. The number of nitrogens with zero attached hydrogens (tertiary/aromatic N) is 3. The Hall–Kier alpha value is -0.710. The van der Waals surface area contributed by atoms with Crippen molar-refractivity contribution in [2.45, 2.75) is 0 Å². The van der Waals surface area contributed by atoms with Crippen molar-refractivity contribution in [1.29, 1.82) is 0 Å². The highest BCUT2D eigenvalue weighted by Crippen LogP contribution is 2.19. The first-order chi connectivity index (χ1) is 7.15. The van der Waals surface area contributed by atoms with Gasteiger partial charge in [-0.25, -0.2) is 9.97 Å². The van der Waals surface area contributed by atoms with E-state index >= 15 is 0 Å². The Balaban J connectivity index is 2.49. The Kier molecular flexibility index (Phi) is 3.19. The second-order valence-corrected chi connectivity index (χ2v) is 4.39. The van der Waals surface area contributed by atoms with E-state index in [1.807, 2.05) is 6.07 Å². The lowest BCUT2D eigenvalue weighted by Gasteiger charge is -2.00. The zero-order valence-electron chi connectivity index (χ0n) is 7.28. The van der Waals surface area contributed by atoms with Crippen LogP contribution < -0.4 is 0 Å². The Morgan fingerprint density at radius 3 is 2.27 bits per heavy atom. The molecule has 0 saturated heterocycles. The molecular formula is C9H4BrCl2N3. The maximum absolute atomic E-state index is 5.76. The van der Waals surface area contributed by atoms with Crippen LogP contribution >= 0.6 is 39.1 Å². The van der Waals surface area contributed by atoms with Gasteiger partial charge in [-0.3, -0.25) is 4.98 Å². The van der Waals surface area contributed by atoms with Crippen molar-refractivity contribution >= 4 is 39.1 Å². The fraction of sp³-hybridized carbons (Fsp3) is 0. The molecule has 0 fully saturated rings. The van der Waals surface area contributed by atoms with Crippen molar-refractivity contribution in [3.8, 4) is 11.5 Å². The Morgan fingerprint density at radius 2 is 1.73 bits per heavy atom. The van der Waals surface area contributed by atoms with Gasteiger partial charge in [0.15, 0.2) is 5.82 Å². The van der Waals surface area contributed by atoms with E-state index in [0.29, 0.717) is 21.8 Å². The molecule has 0 radical (unpaired) electrons. The topological polar surface area (TPSA) is 38.7 Å². The lowest BCUT2D eigenvalue weighted by molar-refractivity contribution is 1.14. The molecule has 0 aliphatic heterocycles. The van der Waals surface area contributed by atoms with Crippen LogP contribution in [0.25, 0.3) is 11.5 Å². The maximum Gasteiger partial charge on any atom is 0.181 e. The van der Waals surface area contributed by atoms with E-state index in [4.69, 9.17) is 23.2 Å². The fourth-order valence-corrected chi connectivity index (χ4v) is 1.67. The normalized spacial score (nSPS) is 10.3. The second kappa shape index (κ2) is 4.43. The zero-order valence-corrected chi connectivity index (χ0v) is 10.4. The zero-order chi connectivity index (χ0) is 10.8. The molecule has 76 valence electrons. The van der Waals surface area contributed by atoms with Crippen LogP contribution in [0.2, 0.25) is 10.3 Å². The molecule has 2 heterocycles. The Bertz CT molecular complexity index is 467. The van der Waals surface area contributed by atoms with Gasteiger partial charge < -0.3 is 0 Å². The monoisotopic (exact) mass is 303 g/mol. The molecule has 2 aromatic rings. The fourth-order valence-electron chi connectivity index (χ4n) is 1.01. The van der Waals surface area contributed by atoms with Gasteiger partial charge in [-0.05, 0) is 28.1 Å². The summed E-state index contributed by atoms with van der Waals surface area (Å²) in [5.41, 5.74) is 0.627. The second-order valence-electron chi connectivity index (χ2n) is 2.70. The van der Waals surface area contributed by atoms with Crippen LogP contribution in [0.5, 0.6) is 0 Å². The lowest BCUT2D eigenvalue weighted by Crippen LogP contribution is -1.92. The molecule has 0 N–H and O–H groups in total. The number of hydrogen-bond acceptors (Lipinski definition) is 3. The first-order valence-corrected chi connectivity index (χ1v) is 5.52. The summed E-state index contributed by atoms with van der Waals surface area (Å²) >= 11 is 14.8. The molecule has 0 aliphatic carbocycles. The van der Waals surface area contributed by atoms with Crippen LogP contribution in [-0.2, 0) is 0 Å². The predicted molar refractivity (Wildman–Crippen MR) is 63.0 cm³/mol. The number of hydrogen-bond donors (Lipinski definition) is 0. The van der Waals surface area contributed by atoms with E-state index in [0.717, 1.165) is 4.47 Å². The summed E-state index contributed by atoms with van der Waals surface area (Å²) in [7, 11) is 0. The van der Waals surface area contributed by atoms with Crippen LogP contribution in [0, 0.1) is 0 Å². The minimum Gasteiger partial charge on any atom is -0.252 e. The summed E-state index contributed by atoms with van der Waals surface area (Å²) in [5.74, 6) is 0.417. The highest BCUT2D eigenvalue weighted by Gasteiger charge is 2.05. The van der Waals surface area contributed by atoms with Crippen molar-refractivity contribution in [3.63, 3.8) is 0 Å². The van der Waals surface area contributed by atoms with Gasteiger partial charge in [0.2, 0.25) is 0 Å². The van der Waals surface area contributed by atoms with Gasteiger partial charge in [0.1, 0.15) is 16.0 Å². The van der Waals surface area contributed by atoms with Crippen molar-refractivity contribution in [1.82, 2.24) is 15.0 Å². The maximum atomic E-state index is 5.76. The van der Waals surface area contributed by atoms with Gasteiger partial charge in [0, 0.05) is 16.7 Å². The molecule has 3 nitrogen and oxygen atoms in total. The minimum absolute atomic E-state index is 0.301. The van der Waals surface area contributed by atoms with Crippen molar-refractivity contribution in [2.75, 3.05) is 0 Å². The molecular weight excluding hydrogens is 301 g/mol. The van der Waals surface area contributed by atoms with E-state index in [1.165, 1.54) is 6.07 Å². The summed E-state index contributed by atoms with van der Waals surface area (Å²) in [4.78, 5) is 12.2. The molecule has 0 aliphatic rings. The molecule has 6 heteroatoms. The average molecular weight is 305 g/mol. The molecule has 0 spiro atoms. The quantitative estimate of drug-likeness (QED) is 0.756. The van der Waals surface area contributed by atoms with Gasteiger partial charge in [-0.2, -0.15) is 0 Å². The van der Waals surface area contributed by atoms with Crippen LogP contribution in [0.4, 0.5) is 0 Å². The molecule has 2 rings (SSSR count). The van der Waals surface area contributed by atoms with Crippen molar-refractivity contribution in [2.24, 2.45) is 0 Å². The largest absolute Gasteiger partial charge is 0.252 e. The molecule has 0 saturated carbocycles. The van der Waals surface area contributed by atoms with E-state index in [-0.39, 0.29) is 0 Å². The number of pyridine rings is 1. The summed E-state index contributed by atoms with van der Waals surface area (Å²) < 4.78 is 0.888. The van der Waals surface area contributed by atoms with Gasteiger partial charge >= 0.3 is 0 Å². The van der Waals surface area contributed by atoms with E-state index < -0.39 is 0 Å². The summed E-state index contributed by atoms with van der Waals surface area (Å²) in [5, 5.41) is 0.601. The standard InChI is InChI=1S/C9H4BrCl2N3/c10-5-1-2-6(13-4-5)9-14-7(11)3-8(12)15-9/h1-4H. The summed E-state index contributed by atoms with van der Waals surface area (Å²) in [6.07, 6.45) is 1.66. The number of rotatable bonds is 1. The van der Waals surface area contributed by atoms with E-state index in [9.17, 15) is 0 Å². The van der Waals surface area contributed by atoms with Gasteiger partial charge in [0.05, 0.1) is 0 Å². The predicted octanol–water partition coefficient (Wildman–Crippen LogP) is 3.61. The third-order valence-corrected chi connectivity index (χ3v) is 2.48. The number of halogens is 3. The van der Waals surface area contributed by atoms with Crippen LogP contribution in [-0.4, -0.2) is 15.0 Å². The molecule has 0 amide bonds. The minimum atomic E-state index is 0.301. The SMILES string of the molecule is Clc1cc(Cl)nc(-c2ccc(Br)cn2)n1. The first-order valence-electron chi connectivity index (χ1n) is 3.97. The summed E-state index contributed by atoms with van der Waals surface area (Å²) in [6.45, 7) is 0. The first kappa shape index (κ1) is 10.8. The van der Waals surface area contributed by atoms with Gasteiger partial charge in [-0.15, -0.1) is 0 Å². The van der Waals surface area contributed by atoms with Crippen molar-refractivity contribution in [3.05, 3.63) is 39.2 Å².